The molecule has 0 aromatic rings. The van der Waals surface area contributed by atoms with Gasteiger partial charge in [-0.2, -0.15) is 0 Å². The van der Waals surface area contributed by atoms with Crippen LogP contribution in [0.25, 0.3) is 0 Å². The summed E-state index contributed by atoms with van der Waals surface area (Å²) in [5.41, 5.74) is -0.418. The Bertz CT molecular complexity index is 252. The second-order valence-electron chi connectivity index (χ2n) is 6.24. The lowest BCUT2D eigenvalue weighted by Crippen LogP contribution is -2.41. The van der Waals surface area contributed by atoms with E-state index >= 15 is 0 Å². The number of carbonyl (C=O) groups is 1. The van der Waals surface area contributed by atoms with Crippen LogP contribution in [0.2, 0.25) is 0 Å². The maximum atomic E-state index is 11.7. The van der Waals surface area contributed by atoms with E-state index in [1.807, 2.05) is 0 Å². The van der Waals surface area contributed by atoms with Crippen molar-refractivity contribution >= 4 is 5.97 Å². The van der Waals surface area contributed by atoms with E-state index in [9.17, 15) is 9.90 Å². The lowest BCUT2D eigenvalue weighted by Gasteiger charge is -2.41. The summed E-state index contributed by atoms with van der Waals surface area (Å²) < 4.78 is 0. The quantitative estimate of drug-likeness (QED) is 0.703. The van der Waals surface area contributed by atoms with Gasteiger partial charge < -0.3 is 5.11 Å². The Morgan fingerprint density at radius 2 is 1.89 bits per heavy atom. The first-order valence-corrected chi connectivity index (χ1v) is 7.80. The van der Waals surface area contributed by atoms with Crippen LogP contribution in [-0.4, -0.2) is 11.1 Å². The number of hydrogen-bond acceptors (Lipinski definition) is 1. The predicted molar refractivity (Wildman–Crippen MR) is 75.6 cm³/mol. The Balaban J connectivity index is 2.60. The topological polar surface area (TPSA) is 37.3 Å². The zero-order valence-electron chi connectivity index (χ0n) is 12.4. The van der Waals surface area contributed by atoms with Crippen molar-refractivity contribution < 1.29 is 9.90 Å². The molecular weight excluding hydrogens is 224 g/mol. The molecular formula is C16H30O2. The van der Waals surface area contributed by atoms with Gasteiger partial charge >= 0.3 is 5.97 Å². The normalized spacial score (nSPS) is 30.1. The highest BCUT2D eigenvalue weighted by atomic mass is 16.4. The van der Waals surface area contributed by atoms with E-state index < -0.39 is 11.4 Å². The summed E-state index contributed by atoms with van der Waals surface area (Å²) in [5, 5.41) is 9.65. The first-order chi connectivity index (χ1) is 8.56. The first kappa shape index (κ1) is 15.5. The van der Waals surface area contributed by atoms with Crippen LogP contribution >= 0.6 is 0 Å². The number of unbranched alkanes of at least 4 members (excludes halogenated alkanes) is 1. The van der Waals surface area contributed by atoms with E-state index in [0.29, 0.717) is 5.92 Å². The molecule has 106 valence electrons. The summed E-state index contributed by atoms with van der Waals surface area (Å²) in [5.74, 6) is 0.566. The standard InChI is InChI=1S/C16H30O2/c1-4-6-8-14-9-11-16(12-10-14,15(17)18)13(3)7-5-2/h13-14H,4-12H2,1-3H3,(H,17,18). The molecule has 0 heterocycles. The lowest BCUT2D eigenvalue weighted by molar-refractivity contribution is -0.156. The van der Waals surface area contributed by atoms with Crippen LogP contribution in [0.4, 0.5) is 0 Å². The minimum Gasteiger partial charge on any atom is -0.481 e. The largest absolute Gasteiger partial charge is 0.481 e. The molecule has 1 aliphatic rings. The minimum atomic E-state index is -0.544. The summed E-state index contributed by atoms with van der Waals surface area (Å²) in [6, 6.07) is 0. The van der Waals surface area contributed by atoms with Gasteiger partial charge in [0.05, 0.1) is 5.41 Å². The Morgan fingerprint density at radius 1 is 1.28 bits per heavy atom. The molecule has 0 aromatic heterocycles. The molecule has 2 nitrogen and oxygen atoms in total. The van der Waals surface area contributed by atoms with Gasteiger partial charge in [0.15, 0.2) is 0 Å². The molecule has 0 amide bonds. The van der Waals surface area contributed by atoms with Gasteiger partial charge in [-0.3, -0.25) is 4.79 Å². The third kappa shape index (κ3) is 3.49. The van der Waals surface area contributed by atoms with Crippen molar-refractivity contribution in [2.24, 2.45) is 17.3 Å². The van der Waals surface area contributed by atoms with Gasteiger partial charge in [-0.15, -0.1) is 0 Å². The first-order valence-electron chi connectivity index (χ1n) is 7.80. The van der Waals surface area contributed by atoms with Crippen molar-refractivity contribution in [1.82, 2.24) is 0 Å². The molecule has 0 aromatic carbocycles. The summed E-state index contributed by atoms with van der Waals surface area (Å²) in [7, 11) is 0. The van der Waals surface area contributed by atoms with Crippen molar-refractivity contribution in [3.63, 3.8) is 0 Å². The van der Waals surface area contributed by atoms with E-state index in [1.165, 1.54) is 19.3 Å². The molecule has 1 N–H and O–H groups in total. The van der Waals surface area contributed by atoms with E-state index in [2.05, 4.69) is 20.8 Å². The smallest absolute Gasteiger partial charge is 0.309 e. The predicted octanol–water partition coefficient (Wildman–Crippen LogP) is 4.87. The molecule has 1 rings (SSSR count). The van der Waals surface area contributed by atoms with Crippen LogP contribution in [0, 0.1) is 17.3 Å². The van der Waals surface area contributed by atoms with E-state index in [0.717, 1.165) is 44.4 Å². The van der Waals surface area contributed by atoms with Crippen molar-refractivity contribution in [2.75, 3.05) is 0 Å². The van der Waals surface area contributed by atoms with Crippen LogP contribution < -0.4 is 0 Å². The molecule has 0 bridgehead atoms. The molecule has 1 saturated carbocycles. The van der Waals surface area contributed by atoms with Crippen LogP contribution in [0.3, 0.4) is 0 Å². The van der Waals surface area contributed by atoms with Gasteiger partial charge in [0.1, 0.15) is 0 Å². The summed E-state index contributed by atoms with van der Waals surface area (Å²) in [6.45, 7) is 6.52. The van der Waals surface area contributed by atoms with Gasteiger partial charge in [-0.1, -0.05) is 46.5 Å². The second kappa shape index (κ2) is 7.16. The average Bonchev–Trinajstić information content (AvgIpc) is 2.37. The van der Waals surface area contributed by atoms with E-state index in [4.69, 9.17) is 0 Å². The maximum Gasteiger partial charge on any atom is 0.309 e. The number of hydrogen-bond donors (Lipinski definition) is 1. The van der Waals surface area contributed by atoms with Crippen LogP contribution in [0.1, 0.15) is 78.6 Å². The Morgan fingerprint density at radius 3 is 2.33 bits per heavy atom. The third-order valence-corrected chi connectivity index (χ3v) is 5.05. The number of rotatable bonds is 7. The molecule has 1 fully saturated rings. The van der Waals surface area contributed by atoms with Gasteiger partial charge in [0, 0.05) is 0 Å². The second-order valence-corrected chi connectivity index (χ2v) is 6.24. The van der Waals surface area contributed by atoms with Gasteiger partial charge in [0.2, 0.25) is 0 Å². The highest BCUT2D eigenvalue weighted by Crippen LogP contribution is 2.47. The zero-order chi connectivity index (χ0) is 13.6. The Kier molecular flexibility index (Phi) is 6.17. The minimum absolute atomic E-state index is 0.326. The maximum absolute atomic E-state index is 11.7. The monoisotopic (exact) mass is 254 g/mol. The molecule has 1 atom stereocenters. The van der Waals surface area contributed by atoms with Crippen LogP contribution in [-0.2, 0) is 4.79 Å². The Labute approximate surface area is 112 Å². The SMILES string of the molecule is CCCCC1CCC(C(=O)O)(C(C)CCC)CC1. The molecule has 0 aliphatic heterocycles. The van der Waals surface area contributed by atoms with Crippen molar-refractivity contribution in [2.45, 2.75) is 78.6 Å². The molecule has 18 heavy (non-hydrogen) atoms. The van der Waals surface area contributed by atoms with Crippen LogP contribution in [0.5, 0.6) is 0 Å². The summed E-state index contributed by atoms with van der Waals surface area (Å²) in [4.78, 5) is 11.7. The van der Waals surface area contributed by atoms with Crippen LogP contribution in [0.15, 0.2) is 0 Å². The third-order valence-electron chi connectivity index (χ3n) is 5.05. The van der Waals surface area contributed by atoms with E-state index in [1.54, 1.807) is 0 Å². The Hall–Kier alpha value is -0.530. The number of carboxylic acid groups (broad SMARTS) is 1. The number of aliphatic carboxylic acids is 1. The fourth-order valence-corrected chi connectivity index (χ4v) is 3.60. The zero-order valence-corrected chi connectivity index (χ0v) is 12.4. The van der Waals surface area contributed by atoms with E-state index in [-0.39, 0.29) is 0 Å². The molecule has 0 saturated heterocycles. The van der Waals surface area contributed by atoms with Gasteiger partial charge in [0.25, 0.3) is 0 Å². The molecule has 0 spiro atoms. The van der Waals surface area contributed by atoms with Gasteiger partial charge in [-0.25, -0.2) is 0 Å². The summed E-state index contributed by atoms with van der Waals surface area (Å²) in [6.07, 6.45) is 10.0. The number of carboxylic acids is 1. The van der Waals surface area contributed by atoms with Crippen molar-refractivity contribution in [1.29, 1.82) is 0 Å². The fourth-order valence-electron chi connectivity index (χ4n) is 3.60. The highest BCUT2D eigenvalue weighted by molar-refractivity contribution is 5.75. The molecule has 1 unspecified atom stereocenters. The van der Waals surface area contributed by atoms with Gasteiger partial charge in [-0.05, 0) is 43.9 Å². The lowest BCUT2D eigenvalue weighted by atomic mass is 9.62. The van der Waals surface area contributed by atoms with Crippen molar-refractivity contribution in [3.8, 4) is 0 Å². The summed E-state index contributed by atoms with van der Waals surface area (Å²) >= 11 is 0. The molecule has 1 aliphatic carbocycles. The highest BCUT2D eigenvalue weighted by Gasteiger charge is 2.45. The molecule has 0 radical (unpaired) electrons. The average molecular weight is 254 g/mol. The molecule has 2 heteroatoms. The fraction of sp³-hybridized carbons (Fsp3) is 0.938. The van der Waals surface area contributed by atoms with Crippen molar-refractivity contribution in [3.05, 3.63) is 0 Å².